The highest BCUT2D eigenvalue weighted by Gasteiger charge is 2.18. The fourth-order valence-corrected chi connectivity index (χ4v) is 4.50. The molecule has 1 fully saturated rings. The molecule has 0 radical (unpaired) electrons. The smallest absolute Gasteiger partial charge is 0.338 e. The zero-order valence-electron chi connectivity index (χ0n) is 20.2. The highest BCUT2D eigenvalue weighted by molar-refractivity contribution is 6.01. The van der Waals surface area contributed by atoms with Crippen molar-refractivity contribution < 1.29 is 14.3 Å². The first-order chi connectivity index (χ1) is 17.6. The molecule has 0 aliphatic carbocycles. The average Bonchev–Trinajstić information content (AvgIpc) is 2.94. The van der Waals surface area contributed by atoms with E-state index in [1.807, 2.05) is 65.6 Å². The Hall–Kier alpha value is -4.26. The predicted molar refractivity (Wildman–Crippen MR) is 140 cm³/mol. The van der Waals surface area contributed by atoms with E-state index in [1.54, 1.807) is 19.1 Å². The third-order valence-electron chi connectivity index (χ3n) is 6.39. The molecule has 0 unspecified atom stereocenters. The van der Waals surface area contributed by atoms with Crippen LogP contribution in [-0.4, -0.2) is 46.7 Å². The number of amides is 1. The quantitative estimate of drug-likeness (QED) is 0.349. The van der Waals surface area contributed by atoms with Gasteiger partial charge in [-0.05, 0) is 62.6 Å². The molecule has 182 valence electrons. The van der Waals surface area contributed by atoms with E-state index in [1.165, 1.54) is 6.42 Å². The fourth-order valence-electron chi connectivity index (χ4n) is 4.50. The molecule has 7 heteroatoms. The first-order valence-electron chi connectivity index (χ1n) is 12.3. The zero-order chi connectivity index (χ0) is 24.9. The molecule has 3 aromatic carbocycles. The maximum atomic E-state index is 12.8. The van der Waals surface area contributed by atoms with E-state index in [9.17, 15) is 9.59 Å². The number of anilines is 2. The Balaban J connectivity index is 1.38. The van der Waals surface area contributed by atoms with Gasteiger partial charge in [0.25, 0.3) is 5.91 Å². The summed E-state index contributed by atoms with van der Waals surface area (Å²) in [6, 6.07) is 22.6. The number of nitrogens with one attached hydrogen (secondary N) is 1. The van der Waals surface area contributed by atoms with Crippen molar-refractivity contribution in [1.82, 2.24) is 15.1 Å². The number of hydrogen-bond acceptors (Lipinski definition) is 6. The number of piperidine rings is 1. The summed E-state index contributed by atoms with van der Waals surface area (Å²) in [7, 11) is 0. The van der Waals surface area contributed by atoms with Crippen molar-refractivity contribution >= 4 is 34.2 Å². The van der Waals surface area contributed by atoms with Crippen molar-refractivity contribution in [2.45, 2.75) is 26.2 Å². The molecule has 0 saturated carbocycles. The third kappa shape index (κ3) is 4.91. The van der Waals surface area contributed by atoms with Crippen LogP contribution >= 0.6 is 0 Å². The lowest BCUT2D eigenvalue weighted by Gasteiger charge is -2.26. The molecule has 1 amide bonds. The van der Waals surface area contributed by atoms with Gasteiger partial charge in [0.1, 0.15) is 5.69 Å². The number of likely N-dealkylation sites (tertiary alicyclic amines) is 1. The molecule has 0 bridgehead atoms. The van der Waals surface area contributed by atoms with E-state index in [0.717, 1.165) is 53.6 Å². The molecular weight excluding hydrogens is 452 g/mol. The number of aromatic nitrogens is 2. The van der Waals surface area contributed by atoms with Crippen LogP contribution in [0.1, 0.15) is 46.9 Å². The molecule has 0 atom stereocenters. The van der Waals surface area contributed by atoms with Gasteiger partial charge in [-0.15, -0.1) is 10.2 Å². The number of nitrogens with zero attached hydrogens (tertiary/aromatic N) is 3. The van der Waals surface area contributed by atoms with Crippen LogP contribution in [0.5, 0.6) is 0 Å². The van der Waals surface area contributed by atoms with Crippen LogP contribution in [0.2, 0.25) is 0 Å². The third-order valence-corrected chi connectivity index (χ3v) is 6.39. The fraction of sp³-hybridized carbons (Fsp3) is 0.241. The van der Waals surface area contributed by atoms with Gasteiger partial charge in [-0.1, -0.05) is 36.4 Å². The van der Waals surface area contributed by atoms with Gasteiger partial charge >= 0.3 is 5.97 Å². The maximum absolute atomic E-state index is 12.8. The Labute approximate surface area is 210 Å². The van der Waals surface area contributed by atoms with E-state index in [4.69, 9.17) is 4.74 Å². The van der Waals surface area contributed by atoms with Crippen LogP contribution in [0, 0.1) is 0 Å². The second-order valence-corrected chi connectivity index (χ2v) is 8.80. The highest BCUT2D eigenvalue weighted by atomic mass is 16.5. The van der Waals surface area contributed by atoms with Crippen LogP contribution in [0.15, 0.2) is 72.8 Å². The predicted octanol–water partition coefficient (Wildman–Crippen LogP) is 5.84. The van der Waals surface area contributed by atoms with Crippen LogP contribution in [-0.2, 0) is 4.74 Å². The van der Waals surface area contributed by atoms with Gasteiger partial charge in [0, 0.05) is 40.7 Å². The summed E-state index contributed by atoms with van der Waals surface area (Å²) in [6.07, 6.45) is 3.34. The van der Waals surface area contributed by atoms with Crippen molar-refractivity contribution in [1.29, 1.82) is 0 Å². The summed E-state index contributed by atoms with van der Waals surface area (Å²) in [5, 5.41) is 14.2. The topological polar surface area (TPSA) is 84.4 Å². The van der Waals surface area contributed by atoms with Gasteiger partial charge in [-0.3, -0.25) is 4.79 Å². The zero-order valence-corrected chi connectivity index (χ0v) is 20.2. The first-order valence-corrected chi connectivity index (χ1v) is 12.3. The standard InChI is InChI=1S/C29H28N4O3/c1-2-36-29(35)22-12-10-20(11-13-22)26-24-8-4-5-9-25(24)27(32-31-26)30-23-16-14-21(15-17-23)28(34)33-18-6-3-7-19-33/h4-5,8-17H,2-3,6-7,18-19H2,1H3,(H,30,32). The van der Waals surface area contributed by atoms with E-state index in [-0.39, 0.29) is 11.9 Å². The Morgan fingerprint density at radius 3 is 2.19 bits per heavy atom. The highest BCUT2D eigenvalue weighted by Crippen LogP contribution is 2.31. The minimum atomic E-state index is -0.344. The molecule has 1 aliphatic heterocycles. The van der Waals surface area contributed by atoms with Crippen molar-refractivity contribution in [3.63, 3.8) is 0 Å². The van der Waals surface area contributed by atoms with Crippen LogP contribution in [0.25, 0.3) is 22.0 Å². The number of benzene rings is 3. The summed E-state index contributed by atoms with van der Waals surface area (Å²) < 4.78 is 5.07. The van der Waals surface area contributed by atoms with Gasteiger partial charge in [0.05, 0.1) is 12.2 Å². The number of hydrogen-bond donors (Lipinski definition) is 1. The summed E-state index contributed by atoms with van der Waals surface area (Å²) in [5.74, 6) is 0.376. The SMILES string of the molecule is CCOC(=O)c1ccc(-c2nnc(Nc3ccc(C(=O)N4CCCCC4)cc3)c3ccccc23)cc1. The van der Waals surface area contributed by atoms with Gasteiger partial charge in [0.15, 0.2) is 5.82 Å². The van der Waals surface area contributed by atoms with Crippen LogP contribution in [0.3, 0.4) is 0 Å². The number of esters is 1. The number of rotatable bonds is 6. The molecule has 1 saturated heterocycles. The molecule has 1 aromatic heterocycles. The molecule has 0 spiro atoms. The van der Waals surface area contributed by atoms with E-state index < -0.39 is 0 Å². The number of ether oxygens (including phenoxy) is 1. The second kappa shape index (κ2) is 10.6. The lowest BCUT2D eigenvalue weighted by atomic mass is 10.0. The van der Waals surface area contributed by atoms with E-state index in [0.29, 0.717) is 23.6 Å². The molecule has 1 aliphatic rings. The lowest BCUT2D eigenvalue weighted by molar-refractivity contribution is 0.0526. The Morgan fingerprint density at radius 2 is 1.50 bits per heavy atom. The Morgan fingerprint density at radius 1 is 0.833 bits per heavy atom. The average molecular weight is 481 g/mol. The van der Waals surface area contributed by atoms with Crippen molar-refractivity contribution in [3.8, 4) is 11.3 Å². The number of carbonyl (C=O) groups is 2. The van der Waals surface area contributed by atoms with Crippen molar-refractivity contribution in [3.05, 3.63) is 83.9 Å². The van der Waals surface area contributed by atoms with Gasteiger partial charge in [-0.2, -0.15) is 0 Å². The van der Waals surface area contributed by atoms with E-state index in [2.05, 4.69) is 15.5 Å². The molecule has 1 N–H and O–H groups in total. The molecule has 4 aromatic rings. The summed E-state index contributed by atoms with van der Waals surface area (Å²) >= 11 is 0. The van der Waals surface area contributed by atoms with Crippen LogP contribution < -0.4 is 5.32 Å². The first kappa shape index (κ1) is 23.5. The van der Waals surface area contributed by atoms with Crippen molar-refractivity contribution in [2.75, 3.05) is 25.0 Å². The van der Waals surface area contributed by atoms with Gasteiger partial charge < -0.3 is 15.0 Å². The minimum Gasteiger partial charge on any atom is -0.462 e. The molecule has 5 rings (SSSR count). The van der Waals surface area contributed by atoms with Crippen molar-refractivity contribution in [2.24, 2.45) is 0 Å². The summed E-state index contributed by atoms with van der Waals surface area (Å²) in [5.41, 5.74) is 3.61. The number of fused-ring (bicyclic) bond motifs is 1. The van der Waals surface area contributed by atoms with Crippen LogP contribution in [0.4, 0.5) is 11.5 Å². The summed E-state index contributed by atoms with van der Waals surface area (Å²) in [6.45, 7) is 3.78. The Kier molecular flexibility index (Phi) is 6.89. The van der Waals surface area contributed by atoms with Gasteiger partial charge in [-0.25, -0.2) is 4.79 Å². The number of carbonyl (C=O) groups excluding carboxylic acids is 2. The van der Waals surface area contributed by atoms with E-state index >= 15 is 0 Å². The minimum absolute atomic E-state index is 0.0878. The molecular formula is C29H28N4O3. The maximum Gasteiger partial charge on any atom is 0.338 e. The normalized spacial score (nSPS) is 13.4. The van der Waals surface area contributed by atoms with Gasteiger partial charge in [0.2, 0.25) is 0 Å². The molecule has 2 heterocycles. The largest absolute Gasteiger partial charge is 0.462 e. The summed E-state index contributed by atoms with van der Waals surface area (Å²) in [4.78, 5) is 26.7. The molecule has 36 heavy (non-hydrogen) atoms. The monoisotopic (exact) mass is 480 g/mol. The second-order valence-electron chi connectivity index (χ2n) is 8.80. The molecule has 7 nitrogen and oxygen atoms in total. The Bertz CT molecular complexity index is 1380. The lowest BCUT2D eigenvalue weighted by Crippen LogP contribution is -2.35.